The van der Waals surface area contributed by atoms with Gasteiger partial charge in [0.15, 0.2) is 17.4 Å². The number of carbonyl (C=O) groups excluding carboxylic acids is 1. The van der Waals surface area contributed by atoms with Crippen LogP contribution in [0.3, 0.4) is 0 Å². The summed E-state index contributed by atoms with van der Waals surface area (Å²) < 4.78 is 12.7. The van der Waals surface area contributed by atoms with Gasteiger partial charge < -0.3 is 9.47 Å². The Morgan fingerprint density at radius 3 is 2.60 bits per heavy atom. The lowest BCUT2D eigenvalue weighted by molar-refractivity contribution is 0.101. The molecule has 0 N–H and O–H groups in total. The van der Waals surface area contributed by atoms with Gasteiger partial charge in [0.2, 0.25) is 0 Å². The highest BCUT2D eigenvalue weighted by atomic mass is 16.5. The minimum atomic E-state index is -0.0274. The van der Waals surface area contributed by atoms with Gasteiger partial charge in [0.05, 0.1) is 24.6 Å². The molecule has 0 saturated carbocycles. The summed E-state index contributed by atoms with van der Waals surface area (Å²) in [6.07, 6.45) is 3.23. The van der Waals surface area contributed by atoms with Crippen molar-refractivity contribution in [2.45, 2.75) is 20.5 Å². The molecule has 0 saturated heterocycles. The maximum absolute atomic E-state index is 11.6. The van der Waals surface area contributed by atoms with Crippen LogP contribution in [0.25, 0.3) is 5.82 Å². The molecule has 6 nitrogen and oxygen atoms in total. The van der Waals surface area contributed by atoms with E-state index in [1.54, 1.807) is 30.3 Å². The van der Waals surface area contributed by atoms with Crippen molar-refractivity contribution in [3.63, 3.8) is 0 Å². The Balaban J connectivity index is 1.84. The lowest BCUT2D eigenvalue weighted by Crippen LogP contribution is -2.07. The van der Waals surface area contributed by atoms with Crippen molar-refractivity contribution in [2.24, 2.45) is 0 Å². The highest BCUT2D eigenvalue weighted by Gasteiger charge is 2.15. The van der Waals surface area contributed by atoms with Crippen LogP contribution >= 0.6 is 0 Å². The van der Waals surface area contributed by atoms with Crippen LogP contribution in [0.5, 0.6) is 11.5 Å². The van der Waals surface area contributed by atoms with Gasteiger partial charge in [-0.15, -0.1) is 0 Å². The Kier molecular flexibility index (Phi) is 4.79. The van der Waals surface area contributed by atoms with Gasteiger partial charge in [-0.2, -0.15) is 5.10 Å². The molecule has 0 radical (unpaired) electrons. The third kappa shape index (κ3) is 3.52. The zero-order valence-electron chi connectivity index (χ0n) is 14.4. The monoisotopic (exact) mass is 337 g/mol. The fraction of sp³-hybridized carbons (Fsp3) is 0.211. The second-order valence-electron chi connectivity index (χ2n) is 5.57. The van der Waals surface area contributed by atoms with Crippen LogP contribution in [0.4, 0.5) is 0 Å². The number of rotatable bonds is 6. The number of hydrogen-bond donors (Lipinski definition) is 0. The van der Waals surface area contributed by atoms with Gasteiger partial charge in [0.25, 0.3) is 0 Å². The first-order valence-electron chi connectivity index (χ1n) is 7.87. The first kappa shape index (κ1) is 16.7. The summed E-state index contributed by atoms with van der Waals surface area (Å²) in [5, 5.41) is 4.28. The van der Waals surface area contributed by atoms with Crippen molar-refractivity contribution in [1.29, 1.82) is 0 Å². The highest BCUT2D eigenvalue weighted by molar-refractivity contribution is 5.95. The molecule has 1 aromatic carbocycles. The molecule has 128 valence electrons. The van der Waals surface area contributed by atoms with E-state index in [1.165, 1.54) is 6.92 Å². The predicted octanol–water partition coefficient (Wildman–Crippen LogP) is 3.37. The van der Waals surface area contributed by atoms with Crippen LogP contribution in [-0.2, 0) is 6.61 Å². The van der Waals surface area contributed by atoms with Crippen molar-refractivity contribution in [1.82, 2.24) is 14.8 Å². The van der Waals surface area contributed by atoms with Gasteiger partial charge in [-0.05, 0) is 43.7 Å². The summed E-state index contributed by atoms with van der Waals surface area (Å²) in [5.74, 6) is 1.93. The van der Waals surface area contributed by atoms with Crippen molar-refractivity contribution in [3.05, 3.63) is 65.6 Å². The van der Waals surface area contributed by atoms with Crippen LogP contribution in [-0.4, -0.2) is 27.7 Å². The van der Waals surface area contributed by atoms with E-state index in [-0.39, 0.29) is 5.78 Å². The van der Waals surface area contributed by atoms with Crippen LogP contribution in [0.1, 0.15) is 28.5 Å². The maximum Gasteiger partial charge on any atom is 0.196 e. The Labute approximate surface area is 146 Å². The van der Waals surface area contributed by atoms with Crippen molar-refractivity contribution < 1.29 is 14.3 Å². The fourth-order valence-electron chi connectivity index (χ4n) is 2.51. The largest absolute Gasteiger partial charge is 0.497 e. The summed E-state index contributed by atoms with van der Waals surface area (Å²) in [5.41, 5.74) is 2.32. The van der Waals surface area contributed by atoms with E-state index < -0.39 is 0 Å². The molecule has 2 heterocycles. The number of aromatic nitrogens is 3. The summed E-state index contributed by atoms with van der Waals surface area (Å²) in [4.78, 5) is 16.0. The molecule has 0 aliphatic heterocycles. The standard InChI is InChI=1S/C19H19N3O3/c1-13-17(14(2)23)11-21-22(13)19-18(5-4-10-20-19)25-12-15-6-8-16(24-3)9-7-15/h4-11H,12H2,1-3H3. The number of methoxy groups -OCH3 is 1. The molecule has 0 unspecified atom stereocenters. The van der Waals surface area contributed by atoms with Crippen molar-refractivity contribution in [3.8, 4) is 17.3 Å². The van der Waals surface area contributed by atoms with Crippen LogP contribution < -0.4 is 9.47 Å². The van der Waals surface area contributed by atoms with E-state index in [9.17, 15) is 4.79 Å². The summed E-state index contributed by atoms with van der Waals surface area (Å²) in [7, 11) is 1.63. The molecule has 25 heavy (non-hydrogen) atoms. The number of hydrogen-bond acceptors (Lipinski definition) is 5. The van der Waals surface area contributed by atoms with E-state index in [1.807, 2.05) is 37.3 Å². The number of benzene rings is 1. The van der Waals surface area contributed by atoms with Crippen LogP contribution in [0.15, 0.2) is 48.8 Å². The van der Waals surface area contributed by atoms with E-state index in [2.05, 4.69) is 10.1 Å². The molecule has 0 aliphatic rings. The lowest BCUT2D eigenvalue weighted by Gasteiger charge is -2.12. The zero-order valence-corrected chi connectivity index (χ0v) is 14.4. The summed E-state index contributed by atoms with van der Waals surface area (Å²) >= 11 is 0. The number of pyridine rings is 1. The van der Waals surface area contributed by atoms with Gasteiger partial charge in [0.1, 0.15) is 12.4 Å². The number of Topliss-reactive ketones (excluding diaryl/α,β-unsaturated/α-hetero) is 1. The van der Waals surface area contributed by atoms with E-state index in [0.717, 1.165) is 17.0 Å². The smallest absolute Gasteiger partial charge is 0.196 e. The molecule has 0 amide bonds. The molecule has 0 spiro atoms. The molecule has 0 bridgehead atoms. The molecular formula is C19H19N3O3. The van der Waals surface area contributed by atoms with Crippen molar-refractivity contribution >= 4 is 5.78 Å². The topological polar surface area (TPSA) is 66.2 Å². The second-order valence-corrected chi connectivity index (χ2v) is 5.57. The van der Waals surface area contributed by atoms with Crippen molar-refractivity contribution in [2.75, 3.05) is 7.11 Å². The van der Waals surface area contributed by atoms with Gasteiger partial charge in [-0.25, -0.2) is 9.67 Å². The third-order valence-corrected chi connectivity index (χ3v) is 3.89. The molecule has 3 rings (SSSR count). The second kappa shape index (κ2) is 7.17. The maximum atomic E-state index is 11.6. The average Bonchev–Trinajstić information content (AvgIpc) is 3.02. The van der Waals surface area contributed by atoms with Gasteiger partial charge in [-0.3, -0.25) is 4.79 Å². The minimum absolute atomic E-state index is 0.0274. The average molecular weight is 337 g/mol. The van der Waals surface area contributed by atoms with Crippen LogP contribution in [0, 0.1) is 6.92 Å². The molecule has 0 atom stereocenters. The molecule has 6 heteroatoms. The van der Waals surface area contributed by atoms with Gasteiger partial charge >= 0.3 is 0 Å². The fourth-order valence-corrected chi connectivity index (χ4v) is 2.51. The lowest BCUT2D eigenvalue weighted by atomic mass is 10.2. The molecule has 3 aromatic rings. The first-order valence-corrected chi connectivity index (χ1v) is 7.87. The minimum Gasteiger partial charge on any atom is -0.497 e. The number of carbonyl (C=O) groups is 1. The Morgan fingerprint density at radius 1 is 1.20 bits per heavy atom. The van der Waals surface area contributed by atoms with E-state index in [0.29, 0.717) is 23.7 Å². The van der Waals surface area contributed by atoms with E-state index >= 15 is 0 Å². The van der Waals surface area contributed by atoms with Gasteiger partial charge in [-0.1, -0.05) is 12.1 Å². The quantitative estimate of drug-likeness (QED) is 0.645. The molecule has 0 aliphatic carbocycles. The normalized spacial score (nSPS) is 10.5. The molecule has 2 aromatic heterocycles. The third-order valence-electron chi connectivity index (χ3n) is 3.89. The molecule has 0 fully saturated rings. The summed E-state index contributed by atoms with van der Waals surface area (Å²) in [6, 6.07) is 11.3. The number of ketones is 1. The first-order chi connectivity index (χ1) is 12.1. The number of ether oxygens (including phenoxy) is 2. The molecular weight excluding hydrogens is 318 g/mol. The summed E-state index contributed by atoms with van der Waals surface area (Å²) in [6.45, 7) is 3.75. The Hall–Kier alpha value is -3.15. The SMILES string of the molecule is COc1ccc(COc2cccnc2-n2ncc(C(C)=O)c2C)cc1. The van der Waals surface area contributed by atoms with Gasteiger partial charge in [0, 0.05) is 6.20 Å². The number of nitrogens with zero attached hydrogens (tertiary/aromatic N) is 3. The zero-order chi connectivity index (χ0) is 17.8. The van der Waals surface area contributed by atoms with E-state index in [4.69, 9.17) is 9.47 Å². The Morgan fingerprint density at radius 2 is 1.96 bits per heavy atom. The highest BCUT2D eigenvalue weighted by Crippen LogP contribution is 2.23. The Bertz CT molecular complexity index is 885. The predicted molar refractivity (Wildman–Crippen MR) is 93.4 cm³/mol. The van der Waals surface area contributed by atoms with Crippen LogP contribution in [0.2, 0.25) is 0 Å².